The van der Waals surface area contributed by atoms with Gasteiger partial charge in [0.05, 0.1) is 19.4 Å². The Bertz CT molecular complexity index is 668. The summed E-state index contributed by atoms with van der Waals surface area (Å²) in [5.74, 6) is -1.14. The summed E-state index contributed by atoms with van der Waals surface area (Å²) in [5.41, 5.74) is 1.62. The van der Waals surface area contributed by atoms with Gasteiger partial charge in [0.2, 0.25) is 5.91 Å². The number of imidazole rings is 1. The van der Waals surface area contributed by atoms with E-state index in [4.69, 9.17) is 4.74 Å². The zero-order valence-electron chi connectivity index (χ0n) is 13.6. The fraction of sp³-hybridized carbons (Fsp3) is 0.278. The first-order valence-electron chi connectivity index (χ1n) is 7.67. The number of amides is 1. The van der Waals surface area contributed by atoms with Gasteiger partial charge in [0.15, 0.2) is 0 Å². The van der Waals surface area contributed by atoms with Crippen LogP contribution in [-0.4, -0.2) is 35.0 Å². The molecular weight excluding hydrogens is 306 g/mol. The highest BCUT2D eigenvalue weighted by Crippen LogP contribution is 2.20. The van der Waals surface area contributed by atoms with E-state index in [1.807, 2.05) is 30.3 Å². The standard InChI is InChI=1S/C18H21N3O3/c1-3-7-15(13-8-5-4-6-9-13)17(22)21-16(18(23)24-2)10-14-11-19-12-20-14/h3-6,8-9,11-12,15-16H,1,7,10H2,2H3,(H,19,20)(H,21,22)/t15?,16-/m1/s1. The number of ether oxygens (including phenoxy) is 1. The van der Waals surface area contributed by atoms with Crippen LogP contribution in [0.2, 0.25) is 0 Å². The van der Waals surface area contributed by atoms with Crippen molar-refractivity contribution in [2.75, 3.05) is 7.11 Å². The molecule has 1 heterocycles. The van der Waals surface area contributed by atoms with Crippen molar-refractivity contribution in [3.05, 3.63) is 66.8 Å². The Balaban J connectivity index is 2.14. The Morgan fingerprint density at radius 1 is 1.38 bits per heavy atom. The van der Waals surface area contributed by atoms with Crippen molar-refractivity contribution in [2.24, 2.45) is 0 Å². The number of esters is 1. The maximum atomic E-state index is 12.7. The number of aromatic amines is 1. The number of rotatable bonds is 8. The summed E-state index contributed by atoms with van der Waals surface area (Å²) in [6.45, 7) is 3.71. The second-order valence-electron chi connectivity index (χ2n) is 5.35. The van der Waals surface area contributed by atoms with E-state index in [1.165, 1.54) is 13.4 Å². The van der Waals surface area contributed by atoms with Crippen molar-refractivity contribution >= 4 is 11.9 Å². The van der Waals surface area contributed by atoms with Crippen LogP contribution in [0.4, 0.5) is 0 Å². The van der Waals surface area contributed by atoms with E-state index < -0.39 is 17.9 Å². The molecule has 2 atom stereocenters. The van der Waals surface area contributed by atoms with E-state index >= 15 is 0 Å². The molecule has 0 aliphatic carbocycles. The van der Waals surface area contributed by atoms with Crippen molar-refractivity contribution in [3.63, 3.8) is 0 Å². The van der Waals surface area contributed by atoms with Gasteiger partial charge in [-0.15, -0.1) is 6.58 Å². The quantitative estimate of drug-likeness (QED) is 0.573. The predicted molar refractivity (Wildman–Crippen MR) is 90.2 cm³/mol. The first-order chi connectivity index (χ1) is 11.7. The lowest BCUT2D eigenvalue weighted by atomic mass is 9.94. The molecule has 126 valence electrons. The highest BCUT2D eigenvalue weighted by atomic mass is 16.5. The largest absolute Gasteiger partial charge is 0.467 e. The molecule has 24 heavy (non-hydrogen) atoms. The zero-order valence-corrected chi connectivity index (χ0v) is 13.6. The average molecular weight is 327 g/mol. The molecule has 1 aromatic carbocycles. The molecule has 1 amide bonds. The number of methoxy groups -OCH3 is 1. The van der Waals surface area contributed by atoms with Crippen molar-refractivity contribution in [2.45, 2.75) is 24.8 Å². The van der Waals surface area contributed by atoms with E-state index in [2.05, 4.69) is 21.9 Å². The third-order valence-electron chi connectivity index (χ3n) is 3.70. The summed E-state index contributed by atoms with van der Waals surface area (Å²) < 4.78 is 4.80. The molecule has 0 fully saturated rings. The zero-order chi connectivity index (χ0) is 17.4. The smallest absolute Gasteiger partial charge is 0.328 e. The number of allylic oxidation sites excluding steroid dienone is 1. The maximum Gasteiger partial charge on any atom is 0.328 e. The topological polar surface area (TPSA) is 84.1 Å². The van der Waals surface area contributed by atoms with Gasteiger partial charge in [0.25, 0.3) is 0 Å². The molecule has 2 rings (SSSR count). The van der Waals surface area contributed by atoms with Crippen LogP contribution in [0.5, 0.6) is 0 Å². The lowest BCUT2D eigenvalue weighted by molar-refractivity contribution is -0.145. The van der Waals surface area contributed by atoms with E-state index in [0.717, 1.165) is 11.3 Å². The van der Waals surface area contributed by atoms with Crippen LogP contribution in [0.3, 0.4) is 0 Å². The molecule has 0 aliphatic rings. The lowest BCUT2D eigenvalue weighted by Gasteiger charge is -2.20. The minimum Gasteiger partial charge on any atom is -0.467 e. The second kappa shape index (κ2) is 8.67. The van der Waals surface area contributed by atoms with Gasteiger partial charge in [-0.05, 0) is 12.0 Å². The minimum atomic E-state index is -0.779. The number of carbonyl (C=O) groups excluding carboxylic acids is 2. The van der Waals surface area contributed by atoms with Gasteiger partial charge in [0, 0.05) is 18.3 Å². The first kappa shape index (κ1) is 17.5. The van der Waals surface area contributed by atoms with Crippen LogP contribution in [-0.2, 0) is 20.7 Å². The van der Waals surface area contributed by atoms with E-state index in [0.29, 0.717) is 6.42 Å². The molecule has 2 N–H and O–H groups in total. The van der Waals surface area contributed by atoms with Gasteiger partial charge in [-0.2, -0.15) is 0 Å². The summed E-state index contributed by atoms with van der Waals surface area (Å²) in [6.07, 6.45) is 5.59. The van der Waals surface area contributed by atoms with Crippen molar-refractivity contribution in [3.8, 4) is 0 Å². The number of hydrogen-bond donors (Lipinski definition) is 2. The Morgan fingerprint density at radius 3 is 2.71 bits per heavy atom. The normalized spacial score (nSPS) is 12.9. The van der Waals surface area contributed by atoms with Crippen molar-refractivity contribution in [1.82, 2.24) is 15.3 Å². The van der Waals surface area contributed by atoms with E-state index in [9.17, 15) is 9.59 Å². The number of hydrogen-bond acceptors (Lipinski definition) is 4. The third kappa shape index (κ3) is 4.55. The van der Waals surface area contributed by atoms with Gasteiger partial charge in [-0.25, -0.2) is 9.78 Å². The molecule has 2 aromatic rings. The molecule has 0 spiro atoms. The number of benzene rings is 1. The lowest BCUT2D eigenvalue weighted by Crippen LogP contribution is -2.45. The summed E-state index contributed by atoms with van der Waals surface area (Å²) >= 11 is 0. The van der Waals surface area contributed by atoms with Crippen LogP contribution >= 0.6 is 0 Å². The van der Waals surface area contributed by atoms with Crippen LogP contribution in [0, 0.1) is 0 Å². The number of nitrogens with zero attached hydrogens (tertiary/aromatic N) is 1. The van der Waals surface area contributed by atoms with Crippen molar-refractivity contribution in [1.29, 1.82) is 0 Å². The first-order valence-corrected chi connectivity index (χ1v) is 7.67. The highest BCUT2D eigenvalue weighted by molar-refractivity contribution is 5.88. The molecule has 0 bridgehead atoms. The summed E-state index contributed by atoms with van der Waals surface area (Å²) in [4.78, 5) is 31.5. The Morgan fingerprint density at radius 2 is 2.12 bits per heavy atom. The fourth-order valence-electron chi connectivity index (χ4n) is 2.47. The summed E-state index contributed by atoms with van der Waals surface area (Å²) in [5, 5.41) is 2.78. The Hall–Kier alpha value is -2.89. The number of nitrogens with one attached hydrogen (secondary N) is 2. The van der Waals surface area contributed by atoms with Gasteiger partial charge in [-0.3, -0.25) is 4.79 Å². The molecule has 1 unspecified atom stereocenters. The highest BCUT2D eigenvalue weighted by Gasteiger charge is 2.27. The van der Waals surface area contributed by atoms with Crippen LogP contribution in [0.1, 0.15) is 23.6 Å². The average Bonchev–Trinajstić information content (AvgIpc) is 3.12. The molecule has 6 nitrogen and oxygen atoms in total. The molecule has 0 aliphatic heterocycles. The number of carbonyl (C=O) groups is 2. The third-order valence-corrected chi connectivity index (χ3v) is 3.70. The Kier molecular flexibility index (Phi) is 6.31. The van der Waals surface area contributed by atoms with Gasteiger partial charge < -0.3 is 15.0 Å². The monoisotopic (exact) mass is 327 g/mol. The molecule has 0 saturated carbocycles. The molecule has 0 saturated heterocycles. The van der Waals surface area contributed by atoms with Crippen LogP contribution < -0.4 is 5.32 Å². The molecule has 1 aromatic heterocycles. The minimum absolute atomic E-state index is 0.240. The molecular formula is C18H21N3O3. The number of aromatic nitrogens is 2. The van der Waals surface area contributed by atoms with Crippen LogP contribution in [0.25, 0.3) is 0 Å². The number of H-pyrrole nitrogens is 1. The predicted octanol–water partition coefficient (Wildman–Crippen LogP) is 1.97. The summed E-state index contributed by atoms with van der Waals surface area (Å²) in [7, 11) is 1.30. The molecule has 0 radical (unpaired) electrons. The van der Waals surface area contributed by atoms with Gasteiger partial charge in [-0.1, -0.05) is 36.4 Å². The van der Waals surface area contributed by atoms with E-state index in [1.54, 1.807) is 12.3 Å². The second-order valence-corrected chi connectivity index (χ2v) is 5.35. The van der Waals surface area contributed by atoms with Gasteiger partial charge >= 0.3 is 5.97 Å². The van der Waals surface area contributed by atoms with Crippen LogP contribution in [0.15, 0.2) is 55.5 Å². The Labute approximate surface area is 140 Å². The molecule has 6 heteroatoms. The SMILES string of the molecule is C=CCC(C(=O)N[C@H](Cc1cnc[nH]1)C(=O)OC)c1ccccc1. The van der Waals surface area contributed by atoms with Gasteiger partial charge in [0.1, 0.15) is 6.04 Å². The maximum absolute atomic E-state index is 12.7. The van der Waals surface area contributed by atoms with Crippen molar-refractivity contribution < 1.29 is 14.3 Å². The summed E-state index contributed by atoms with van der Waals surface area (Å²) in [6, 6.07) is 8.63. The fourth-order valence-corrected chi connectivity index (χ4v) is 2.47. The van der Waals surface area contributed by atoms with E-state index in [-0.39, 0.29) is 12.3 Å².